The Labute approximate surface area is 88.2 Å². The van der Waals surface area contributed by atoms with E-state index < -0.39 is 11.9 Å². The van der Waals surface area contributed by atoms with Gasteiger partial charge in [0.05, 0.1) is 19.3 Å². The maximum absolute atomic E-state index is 11.5. The number of carboxylic acids is 1. The highest BCUT2D eigenvalue weighted by Gasteiger charge is 2.39. The molecule has 0 spiro atoms. The van der Waals surface area contributed by atoms with Crippen molar-refractivity contribution in [3.05, 3.63) is 0 Å². The van der Waals surface area contributed by atoms with Gasteiger partial charge in [0.25, 0.3) is 0 Å². The van der Waals surface area contributed by atoms with Crippen LogP contribution in [0.25, 0.3) is 0 Å². The lowest BCUT2D eigenvalue weighted by Gasteiger charge is -2.28. The van der Waals surface area contributed by atoms with Gasteiger partial charge in [-0.25, -0.2) is 4.79 Å². The molecule has 15 heavy (non-hydrogen) atoms. The third-order valence-corrected chi connectivity index (χ3v) is 2.58. The Morgan fingerprint density at radius 2 is 2.20 bits per heavy atom. The van der Waals surface area contributed by atoms with Gasteiger partial charge in [-0.3, -0.25) is 4.79 Å². The zero-order chi connectivity index (χ0) is 11.4. The summed E-state index contributed by atoms with van der Waals surface area (Å²) in [7, 11) is 1.52. The Balaban J connectivity index is 2.74. The predicted molar refractivity (Wildman–Crippen MR) is 52.6 cm³/mol. The van der Waals surface area contributed by atoms with Crippen LogP contribution in [0.15, 0.2) is 0 Å². The molecule has 2 amide bonds. The zero-order valence-electron chi connectivity index (χ0n) is 8.90. The van der Waals surface area contributed by atoms with Crippen LogP contribution < -0.4 is 5.32 Å². The Kier molecular flexibility index (Phi) is 3.90. The Morgan fingerprint density at radius 3 is 2.67 bits per heavy atom. The first-order chi connectivity index (χ1) is 7.11. The molecule has 1 fully saturated rings. The molecule has 0 aromatic carbocycles. The molecular formula is C9H16N2O4. The number of hydrogen-bond donors (Lipinski definition) is 2. The van der Waals surface area contributed by atoms with Crippen LogP contribution in [-0.2, 0) is 9.53 Å². The fourth-order valence-corrected chi connectivity index (χ4v) is 1.76. The van der Waals surface area contributed by atoms with Crippen molar-refractivity contribution in [3.8, 4) is 0 Å². The van der Waals surface area contributed by atoms with Crippen molar-refractivity contribution >= 4 is 12.0 Å². The van der Waals surface area contributed by atoms with Crippen LogP contribution in [0.4, 0.5) is 4.79 Å². The second-order valence-electron chi connectivity index (χ2n) is 3.39. The van der Waals surface area contributed by atoms with E-state index in [1.165, 1.54) is 11.9 Å². The average molecular weight is 216 g/mol. The van der Waals surface area contributed by atoms with E-state index in [-0.39, 0.29) is 25.3 Å². The summed E-state index contributed by atoms with van der Waals surface area (Å²) in [4.78, 5) is 23.9. The van der Waals surface area contributed by atoms with E-state index >= 15 is 0 Å². The van der Waals surface area contributed by atoms with E-state index in [4.69, 9.17) is 9.84 Å². The number of rotatable bonds is 3. The largest absolute Gasteiger partial charge is 0.481 e. The first-order valence-electron chi connectivity index (χ1n) is 4.90. The van der Waals surface area contributed by atoms with Gasteiger partial charge in [-0.05, 0) is 6.92 Å². The Morgan fingerprint density at radius 1 is 1.53 bits per heavy atom. The summed E-state index contributed by atoms with van der Waals surface area (Å²) < 4.78 is 5.11. The monoisotopic (exact) mass is 216 g/mol. The topological polar surface area (TPSA) is 78.9 Å². The summed E-state index contributed by atoms with van der Waals surface area (Å²) in [5.74, 6) is -1.54. The number of nitrogens with one attached hydrogen (secondary N) is 1. The second kappa shape index (κ2) is 4.97. The number of carbonyl (C=O) groups excluding carboxylic acids is 1. The molecule has 0 radical (unpaired) electrons. The van der Waals surface area contributed by atoms with Crippen LogP contribution >= 0.6 is 0 Å². The summed E-state index contributed by atoms with van der Waals surface area (Å²) in [6, 6.07) is -0.633. The summed E-state index contributed by atoms with van der Waals surface area (Å²) >= 11 is 0. The molecule has 2 unspecified atom stereocenters. The first kappa shape index (κ1) is 11.8. The molecule has 0 aliphatic carbocycles. The molecule has 1 aliphatic heterocycles. The van der Waals surface area contributed by atoms with E-state index in [1.54, 1.807) is 0 Å². The van der Waals surface area contributed by atoms with Gasteiger partial charge in [0, 0.05) is 13.6 Å². The van der Waals surface area contributed by atoms with E-state index in [0.717, 1.165) is 0 Å². The van der Waals surface area contributed by atoms with Crippen LogP contribution in [0.2, 0.25) is 0 Å². The molecule has 6 heteroatoms. The average Bonchev–Trinajstić information content (AvgIpc) is 2.67. The molecule has 0 aromatic rings. The van der Waals surface area contributed by atoms with E-state index in [2.05, 4.69) is 5.32 Å². The third-order valence-electron chi connectivity index (χ3n) is 2.58. The van der Waals surface area contributed by atoms with Crippen molar-refractivity contribution in [2.24, 2.45) is 5.92 Å². The predicted octanol–water partition coefficient (Wildman–Crippen LogP) is -0.253. The first-order valence-corrected chi connectivity index (χ1v) is 4.90. The fraction of sp³-hybridized carbons (Fsp3) is 0.778. The molecule has 0 aromatic heterocycles. The standard InChI is InChI=1S/C9H16N2O4/c1-3-11(9(14)10-2)7-5-15-4-6(7)8(12)13/h6-7H,3-5H2,1-2H3,(H,10,14)(H,12,13). The lowest BCUT2D eigenvalue weighted by Crippen LogP contribution is -2.49. The summed E-state index contributed by atoms with van der Waals surface area (Å²) in [6.07, 6.45) is 0. The number of carbonyl (C=O) groups is 2. The molecule has 2 N–H and O–H groups in total. The van der Waals surface area contributed by atoms with E-state index in [0.29, 0.717) is 6.54 Å². The molecule has 0 bridgehead atoms. The van der Waals surface area contributed by atoms with Gasteiger partial charge < -0.3 is 20.1 Å². The lowest BCUT2D eigenvalue weighted by atomic mass is 10.0. The molecule has 2 atom stereocenters. The smallest absolute Gasteiger partial charge is 0.317 e. The van der Waals surface area contributed by atoms with Crippen molar-refractivity contribution in [2.45, 2.75) is 13.0 Å². The quantitative estimate of drug-likeness (QED) is 0.681. The van der Waals surface area contributed by atoms with Crippen LogP contribution in [0.3, 0.4) is 0 Å². The zero-order valence-corrected chi connectivity index (χ0v) is 8.90. The van der Waals surface area contributed by atoms with Crippen molar-refractivity contribution in [3.63, 3.8) is 0 Å². The minimum Gasteiger partial charge on any atom is -0.481 e. The van der Waals surface area contributed by atoms with Gasteiger partial charge in [-0.1, -0.05) is 0 Å². The summed E-state index contributed by atoms with van der Waals surface area (Å²) in [6.45, 7) is 2.75. The lowest BCUT2D eigenvalue weighted by molar-refractivity contribution is -0.142. The molecule has 1 aliphatic rings. The van der Waals surface area contributed by atoms with E-state index in [1.807, 2.05) is 6.92 Å². The minimum atomic E-state index is -0.917. The highest BCUT2D eigenvalue weighted by atomic mass is 16.5. The van der Waals surface area contributed by atoms with Crippen LogP contribution in [0.1, 0.15) is 6.92 Å². The molecular weight excluding hydrogens is 200 g/mol. The highest BCUT2D eigenvalue weighted by molar-refractivity contribution is 5.77. The minimum absolute atomic E-state index is 0.174. The third kappa shape index (κ3) is 2.38. The molecule has 1 saturated heterocycles. The number of urea groups is 1. The van der Waals surface area contributed by atoms with Crippen LogP contribution in [0.5, 0.6) is 0 Å². The van der Waals surface area contributed by atoms with Crippen LogP contribution in [-0.4, -0.2) is 54.9 Å². The number of amides is 2. The number of likely N-dealkylation sites (N-methyl/N-ethyl adjacent to an activating group) is 1. The number of aliphatic carboxylic acids is 1. The SMILES string of the molecule is CCN(C(=O)NC)C1COCC1C(=O)O. The van der Waals surface area contributed by atoms with Crippen molar-refractivity contribution in [1.82, 2.24) is 10.2 Å². The van der Waals surface area contributed by atoms with Gasteiger partial charge >= 0.3 is 12.0 Å². The van der Waals surface area contributed by atoms with Crippen LogP contribution in [0, 0.1) is 5.92 Å². The second-order valence-corrected chi connectivity index (χ2v) is 3.39. The number of ether oxygens (including phenoxy) is 1. The highest BCUT2D eigenvalue weighted by Crippen LogP contribution is 2.19. The van der Waals surface area contributed by atoms with Crippen molar-refractivity contribution in [1.29, 1.82) is 0 Å². The molecule has 1 rings (SSSR count). The molecule has 6 nitrogen and oxygen atoms in total. The number of nitrogens with zero attached hydrogens (tertiary/aromatic N) is 1. The van der Waals surface area contributed by atoms with Crippen molar-refractivity contribution in [2.75, 3.05) is 26.8 Å². The van der Waals surface area contributed by atoms with Gasteiger partial charge in [0.2, 0.25) is 0 Å². The van der Waals surface area contributed by atoms with Gasteiger partial charge in [0.1, 0.15) is 5.92 Å². The number of hydrogen-bond acceptors (Lipinski definition) is 3. The normalized spacial score (nSPS) is 24.9. The van der Waals surface area contributed by atoms with Gasteiger partial charge in [-0.15, -0.1) is 0 Å². The van der Waals surface area contributed by atoms with Gasteiger partial charge in [-0.2, -0.15) is 0 Å². The summed E-state index contributed by atoms with van der Waals surface area (Å²) in [5.41, 5.74) is 0. The summed E-state index contributed by atoms with van der Waals surface area (Å²) in [5, 5.41) is 11.4. The van der Waals surface area contributed by atoms with Gasteiger partial charge in [0.15, 0.2) is 0 Å². The maximum Gasteiger partial charge on any atom is 0.317 e. The Bertz CT molecular complexity index is 256. The molecule has 86 valence electrons. The molecule has 0 saturated carbocycles. The maximum atomic E-state index is 11.5. The van der Waals surface area contributed by atoms with E-state index in [9.17, 15) is 9.59 Å². The Hall–Kier alpha value is -1.30. The molecule has 1 heterocycles. The van der Waals surface area contributed by atoms with Crippen molar-refractivity contribution < 1.29 is 19.4 Å². The number of carboxylic acid groups (broad SMARTS) is 1. The fourth-order valence-electron chi connectivity index (χ4n) is 1.76.